The Labute approximate surface area is 247 Å². The van der Waals surface area contributed by atoms with E-state index >= 15 is 0 Å². The molecule has 208 valence electrons. The second-order valence-electron chi connectivity index (χ2n) is 10.6. The van der Waals surface area contributed by atoms with Crippen LogP contribution in [-0.4, -0.2) is 13.1 Å². The molecule has 0 bridgehead atoms. The lowest BCUT2D eigenvalue weighted by molar-refractivity contribution is -0.673. The van der Waals surface area contributed by atoms with E-state index in [-0.39, 0.29) is 24.0 Å². The molecule has 0 atom stereocenters. The lowest BCUT2D eigenvalue weighted by atomic mass is 10.1. The third-order valence-corrected chi connectivity index (χ3v) is 7.35. The van der Waals surface area contributed by atoms with Crippen molar-refractivity contribution in [3.05, 3.63) is 59.9 Å². The van der Waals surface area contributed by atoms with Crippen LogP contribution in [0.3, 0.4) is 0 Å². The fourth-order valence-electron chi connectivity index (χ4n) is 4.93. The van der Waals surface area contributed by atoms with Gasteiger partial charge in [0.2, 0.25) is 5.69 Å². The van der Waals surface area contributed by atoms with Gasteiger partial charge in [-0.05, 0) is 24.5 Å². The number of nitrogens with zero attached hydrogens (tertiary/aromatic N) is 2. The van der Waals surface area contributed by atoms with Crippen molar-refractivity contribution < 1.29 is 28.5 Å². The summed E-state index contributed by atoms with van der Waals surface area (Å²) in [5, 5.41) is 0. The van der Waals surface area contributed by atoms with Gasteiger partial charge in [0.05, 0.1) is 0 Å². The normalized spacial score (nSPS) is 11.1. The van der Waals surface area contributed by atoms with Crippen molar-refractivity contribution in [1.82, 2.24) is 0 Å². The van der Waals surface area contributed by atoms with Crippen LogP contribution < -0.4 is 33.4 Å². The number of hydrogen-bond acceptors (Lipinski definition) is 1. The zero-order valence-corrected chi connectivity index (χ0v) is 26.4. The van der Waals surface area contributed by atoms with Crippen molar-refractivity contribution in [3.63, 3.8) is 0 Å². The second kappa shape index (κ2) is 22.6. The average Bonchev–Trinajstić information content (AvgIpc) is 2.90. The van der Waals surface area contributed by atoms with Crippen LogP contribution in [0.4, 0.5) is 5.69 Å². The smallest absolute Gasteiger partial charge is 0.207 e. The lowest BCUT2D eigenvalue weighted by Crippen LogP contribution is -3.00. The van der Waals surface area contributed by atoms with Crippen LogP contribution in [-0.2, 0) is 7.05 Å². The molecule has 2 aromatic rings. The van der Waals surface area contributed by atoms with Crippen molar-refractivity contribution in [3.8, 4) is 0 Å². The molecule has 0 spiro atoms. The highest BCUT2D eigenvalue weighted by Crippen LogP contribution is 2.19. The van der Waals surface area contributed by atoms with Gasteiger partial charge in [-0.3, -0.25) is 0 Å². The molecule has 37 heavy (non-hydrogen) atoms. The highest BCUT2D eigenvalue weighted by Gasteiger charge is 2.11. The number of anilines is 1. The van der Waals surface area contributed by atoms with E-state index in [4.69, 9.17) is 0 Å². The molecule has 0 N–H and O–H groups in total. The standard InChI is InChI=1S/C34H55N2.HI/c1-4-6-8-10-12-14-16-21-28-36(29-22-17-15-13-11-9-7-5-2)34-27-30-35(3)33(31-34)26-25-32-23-19-18-20-24-32;/h18-20,23-27,30-31H,4-17,21-22,28-29H2,1-3H3;1H/q+1;/p-1. The molecule has 3 heteroatoms. The fraction of sp³-hybridized carbons (Fsp3) is 0.618. The van der Waals surface area contributed by atoms with Crippen molar-refractivity contribution in [2.24, 2.45) is 7.05 Å². The van der Waals surface area contributed by atoms with E-state index in [0.717, 1.165) is 0 Å². The Morgan fingerprint density at radius 3 is 1.62 bits per heavy atom. The maximum absolute atomic E-state index is 2.66. The van der Waals surface area contributed by atoms with Crippen LogP contribution in [0.1, 0.15) is 128 Å². The molecular weight excluding hydrogens is 563 g/mol. The minimum atomic E-state index is 0. The van der Waals surface area contributed by atoms with Crippen LogP contribution >= 0.6 is 0 Å². The van der Waals surface area contributed by atoms with Gasteiger partial charge in [0.15, 0.2) is 6.20 Å². The largest absolute Gasteiger partial charge is 1.00 e. The molecule has 0 aliphatic rings. The molecule has 0 unspecified atom stereocenters. The fourth-order valence-corrected chi connectivity index (χ4v) is 4.93. The summed E-state index contributed by atoms with van der Waals surface area (Å²) in [6.07, 6.45) is 28.8. The molecule has 2 nitrogen and oxygen atoms in total. The summed E-state index contributed by atoms with van der Waals surface area (Å²) in [6, 6.07) is 15.3. The van der Waals surface area contributed by atoms with Crippen molar-refractivity contribution in [2.75, 3.05) is 18.0 Å². The molecule has 0 radical (unpaired) electrons. The van der Waals surface area contributed by atoms with Crippen LogP contribution in [0.5, 0.6) is 0 Å². The minimum Gasteiger partial charge on any atom is -1.00 e. The molecule has 0 aliphatic carbocycles. The third kappa shape index (κ3) is 15.6. The first-order valence-corrected chi connectivity index (χ1v) is 15.2. The summed E-state index contributed by atoms with van der Waals surface area (Å²) in [5.41, 5.74) is 3.89. The van der Waals surface area contributed by atoms with E-state index < -0.39 is 0 Å². The Hall–Kier alpha value is -1.36. The van der Waals surface area contributed by atoms with Gasteiger partial charge in [0.1, 0.15) is 7.05 Å². The van der Waals surface area contributed by atoms with Gasteiger partial charge in [-0.1, -0.05) is 134 Å². The first-order chi connectivity index (χ1) is 17.7. The van der Waals surface area contributed by atoms with Gasteiger partial charge in [-0.15, -0.1) is 0 Å². The topological polar surface area (TPSA) is 7.12 Å². The summed E-state index contributed by atoms with van der Waals surface area (Å²) in [7, 11) is 2.15. The summed E-state index contributed by atoms with van der Waals surface area (Å²) >= 11 is 0. The molecule has 0 fully saturated rings. The molecule has 1 heterocycles. The Morgan fingerprint density at radius 2 is 1.11 bits per heavy atom. The number of hydrogen-bond donors (Lipinski definition) is 0. The zero-order valence-electron chi connectivity index (χ0n) is 24.3. The Balaban J connectivity index is 0.00000684. The lowest BCUT2D eigenvalue weighted by Gasteiger charge is -2.25. The van der Waals surface area contributed by atoms with Gasteiger partial charge in [-0.25, -0.2) is 4.57 Å². The quantitative estimate of drug-likeness (QED) is 0.0851. The van der Waals surface area contributed by atoms with Crippen LogP contribution in [0.25, 0.3) is 12.2 Å². The SMILES string of the molecule is CCCCCCCCCCN(CCCCCCCCCC)c1cc[n+](C)c(C=Cc2ccccc2)c1.[I-]. The predicted molar refractivity (Wildman–Crippen MR) is 160 cm³/mol. The van der Waals surface area contributed by atoms with Crippen molar-refractivity contribution in [1.29, 1.82) is 0 Å². The molecule has 0 amide bonds. The summed E-state index contributed by atoms with van der Waals surface area (Å²) < 4.78 is 2.23. The average molecular weight is 619 g/mol. The molecule has 1 aromatic heterocycles. The molecule has 0 aliphatic heterocycles. The summed E-state index contributed by atoms with van der Waals surface area (Å²) in [6.45, 7) is 6.96. The Morgan fingerprint density at radius 1 is 0.622 bits per heavy atom. The number of benzene rings is 1. The summed E-state index contributed by atoms with van der Waals surface area (Å²) in [5.74, 6) is 0. The highest BCUT2D eigenvalue weighted by molar-refractivity contribution is 5.68. The second-order valence-corrected chi connectivity index (χ2v) is 10.6. The van der Waals surface area contributed by atoms with Crippen molar-refractivity contribution in [2.45, 2.75) is 117 Å². The number of aromatic nitrogens is 1. The number of unbranched alkanes of at least 4 members (excludes halogenated alkanes) is 14. The number of aryl methyl sites for hydroxylation is 1. The van der Waals surface area contributed by atoms with Gasteiger partial charge in [0, 0.05) is 37.0 Å². The Bertz CT molecular complexity index is 798. The first-order valence-electron chi connectivity index (χ1n) is 15.2. The van der Waals surface area contributed by atoms with E-state index in [9.17, 15) is 0 Å². The Kier molecular flexibility index (Phi) is 20.6. The van der Waals surface area contributed by atoms with E-state index in [1.54, 1.807) is 0 Å². The maximum Gasteiger partial charge on any atom is 0.207 e. The van der Waals surface area contributed by atoms with Crippen LogP contribution in [0.15, 0.2) is 48.7 Å². The van der Waals surface area contributed by atoms with Gasteiger partial charge >= 0.3 is 0 Å². The van der Waals surface area contributed by atoms with Crippen LogP contribution in [0.2, 0.25) is 0 Å². The van der Waals surface area contributed by atoms with Crippen molar-refractivity contribution >= 4 is 17.8 Å². The number of pyridine rings is 1. The molecule has 0 saturated carbocycles. The highest BCUT2D eigenvalue weighted by atomic mass is 127. The van der Waals surface area contributed by atoms with Crippen LogP contribution in [0, 0.1) is 0 Å². The van der Waals surface area contributed by atoms with Gasteiger partial charge in [-0.2, -0.15) is 0 Å². The number of rotatable bonds is 21. The summed E-state index contributed by atoms with van der Waals surface area (Å²) in [4.78, 5) is 2.66. The molecule has 0 saturated heterocycles. The minimum absolute atomic E-state index is 0. The molecule has 1 aromatic carbocycles. The predicted octanol–water partition coefficient (Wildman–Crippen LogP) is 6.77. The third-order valence-electron chi connectivity index (χ3n) is 7.35. The van der Waals surface area contributed by atoms with E-state index in [1.165, 1.54) is 133 Å². The van der Waals surface area contributed by atoms with E-state index in [1.807, 2.05) is 0 Å². The molecular formula is C34H55IN2. The molecule has 2 rings (SSSR count). The van der Waals surface area contributed by atoms with Gasteiger partial charge in [0.25, 0.3) is 0 Å². The first kappa shape index (κ1) is 33.7. The van der Waals surface area contributed by atoms with E-state index in [0.29, 0.717) is 0 Å². The maximum atomic E-state index is 2.66. The van der Waals surface area contributed by atoms with E-state index in [2.05, 4.69) is 91.2 Å². The van der Waals surface area contributed by atoms with Gasteiger partial charge < -0.3 is 28.9 Å². The monoisotopic (exact) mass is 618 g/mol. The zero-order chi connectivity index (χ0) is 25.7. The number of halogens is 1.